The maximum Gasteiger partial charge on any atom is 0.315 e. The molecule has 5 amide bonds. The quantitative estimate of drug-likeness (QED) is 0.213. The fraction of sp³-hybridized carbons (Fsp3) is 0.800. The Balaban J connectivity index is 1.55. The number of hydrogen-bond acceptors (Lipinski definition) is 7. The summed E-state index contributed by atoms with van der Waals surface area (Å²) in [5.41, 5.74) is -1.94. The molecule has 0 spiro atoms. The highest BCUT2D eigenvalue weighted by atomic mass is 32.2. The highest BCUT2D eigenvalue weighted by Crippen LogP contribution is 2.65. The third-order valence-electron chi connectivity index (χ3n) is 11.3. The molecule has 49 heavy (non-hydrogen) atoms. The topological polar surface area (TPSA) is 171 Å². The first-order valence-electron chi connectivity index (χ1n) is 17.8. The molecule has 276 valence electrons. The molecule has 2 aliphatic heterocycles. The van der Waals surface area contributed by atoms with Crippen molar-refractivity contribution in [1.82, 2.24) is 26.2 Å². The van der Waals surface area contributed by atoms with Crippen molar-refractivity contribution in [2.24, 2.45) is 22.7 Å². The van der Waals surface area contributed by atoms with Crippen molar-refractivity contribution in [3.63, 3.8) is 0 Å². The molecule has 2 heterocycles. The molecule has 0 aromatic carbocycles. The first kappa shape index (κ1) is 38.8. The third-order valence-corrected chi connectivity index (χ3v) is 13.8. The Bertz CT molecular complexity index is 1440. The molecular formula is C35H56FN5O7S. The number of nitrogens with one attached hydrogen (secondary N) is 4. The summed E-state index contributed by atoms with van der Waals surface area (Å²) in [4.78, 5) is 69.3. The van der Waals surface area contributed by atoms with Gasteiger partial charge in [-0.05, 0) is 54.8 Å². The monoisotopic (exact) mass is 709 g/mol. The average molecular weight is 710 g/mol. The minimum absolute atomic E-state index is 0.0170. The van der Waals surface area contributed by atoms with Gasteiger partial charge in [-0.25, -0.2) is 17.6 Å². The summed E-state index contributed by atoms with van der Waals surface area (Å²) in [7, 11) is -3.37. The first-order chi connectivity index (χ1) is 22.8. The number of amides is 5. The third kappa shape index (κ3) is 8.31. The van der Waals surface area contributed by atoms with E-state index in [9.17, 15) is 36.8 Å². The van der Waals surface area contributed by atoms with Crippen LogP contribution in [0.1, 0.15) is 106 Å². The van der Waals surface area contributed by atoms with Crippen molar-refractivity contribution in [1.29, 1.82) is 0 Å². The van der Waals surface area contributed by atoms with Crippen molar-refractivity contribution in [2.45, 2.75) is 135 Å². The second-order valence-corrected chi connectivity index (χ2v) is 18.6. The minimum Gasteiger partial charge on any atom is -0.344 e. The van der Waals surface area contributed by atoms with Crippen LogP contribution in [0.3, 0.4) is 0 Å². The Morgan fingerprint density at radius 1 is 1.02 bits per heavy atom. The zero-order chi connectivity index (χ0) is 36.5. The number of hydrogen-bond donors (Lipinski definition) is 4. The van der Waals surface area contributed by atoms with Gasteiger partial charge in [-0.15, -0.1) is 0 Å². The Morgan fingerprint density at radius 3 is 2.22 bits per heavy atom. The van der Waals surface area contributed by atoms with Gasteiger partial charge in [-0.1, -0.05) is 80.2 Å². The van der Waals surface area contributed by atoms with E-state index in [-0.39, 0.29) is 36.0 Å². The number of Topliss-reactive ketones (excluding diaryl/α,β-unsaturated/α-hetero) is 1. The molecule has 2 saturated heterocycles. The van der Waals surface area contributed by atoms with E-state index in [1.807, 2.05) is 41.5 Å². The number of sulfone groups is 1. The number of fused-ring (bicyclic) bond motifs is 1. The Labute approximate surface area is 290 Å². The first-order valence-corrected chi connectivity index (χ1v) is 19.5. The van der Waals surface area contributed by atoms with Crippen molar-refractivity contribution in [3.8, 4) is 0 Å². The van der Waals surface area contributed by atoms with Gasteiger partial charge in [0.15, 0.2) is 9.84 Å². The number of carbonyl (C=O) groups excluding carboxylic acids is 5. The van der Waals surface area contributed by atoms with Crippen molar-refractivity contribution in [3.05, 3.63) is 12.4 Å². The number of carbonyl (C=O) groups is 5. The SMILES string of the molecule is C=C(F)CNC(=O)C(=O)[C@H](CCCC)NC(=O)[C@@H]1[C@@H]2[C@H](CN1C(=O)[C@@H](NC(=O)NC1([C@@H]3CCCS3(=O)=O)CCCCC1)C(C)(C)C)C2(C)C. The summed E-state index contributed by atoms with van der Waals surface area (Å²) in [6, 6.07) is -3.78. The normalized spacial score (nSPS) is 27.6. The molecule has 12 nitrogen and oxygen atoms in total. The lowest BCUT2D eigenvalue weighted by molar-refractivity contribution is -0.145. The van der Waals surface area contributed by atoms with Gasteiger partial charge in [0.1, 0.15) is 17.9 Å². The van der Waals surface area contributed by atoms with E-state index < -0.39 is 86.1 Å². The van der Waals surface area contributed by atoms with Crippen LogP contribution in [0.15, 0.2) is 12.4 Å². The highest BCUT2D eigenvalue weighted by molar-refractivity contribution is 7.92. The molecule has 0 unspecified atom stereocenters. The summed E-state index contributed by atoms with van der Waals surface area (Å²) >= 11 is 0. The van der Waals surface area contributed by atoms with Crippen LogP contribution >= 0.6 is 0 Å². The fourth-order valence-corrected chi connectivity index (χ4v) is 10.9. The van der Waals surface area contributed by atoms with Gasteiger partial charge in [-0.2, -0.15) is 0 Å². The molecule has 2 saturated carbocycles. The molecule has 4 fully saturated rings. The van der Waals surface area contributed by atoms with E-state index >= 15 is 0 Å². The van der Waals surface area contributed by atoms with E-state index in [1.54, 1.807) is 0 Å². The highest BCUT2D eigenvalue weighted by Gasteiger charge is 2.70. The second kappa shape index (κ2) is 14.7. The zero-order valence-corrected chi connectivity index (χ0v) is 30.8. The van der Waals surface area contributed by atoms with Crippen LogP contribution in [0.4, 0.5) is 9.18 Å². The molecule has 2 aliphatic carbocycles. The van der Waals surface area contributed by atoms with Crippen molar-refractivity contribution >= 4 is 39.4 Å². The molecule has 14 heteroatoms. The summed E-state index contributed by atoms with van der Waals surface area (Å²) in [5, 5.41) is 10.2. The van der Waals surface area contributed by atoms with E-state index in [0.717, 1.165) is 19.3 Å². The number of ketones is 1. The Kier molecular flexibility index (Phi) is 11.6. The largest absolute Gasteiger partial charge is 0.344 e. The summed E-state index contributed by atoms with van der Waals surface area (Å²) in [5.74, 6) is -3.85. The number of unbranched alkanes of at least 4 members (excludes halogenated alkanes) is 1. The Morgan fingerprint density at radius 2 is 1.67 bits per heavy atom. The summed E-state index contributed by atoms with van der Waals surface area (Å²) in [6.07, 6.45) is 6.12. The van der Waals surface area contributed by atoms with Gasteiger partial charge in [0.05, 0.1) is 29.1 Å². The smallest absolute Gasteiger partial charge is 0.315 e. The van der Waals surface area contributed by atoms with Gasteiger partial charge < -0.3 is 26.2 Å². The van der Waals surface area contributed by atoms with Crippen LogP contribution in [0, 0.1) is 22.7 Å². The van der Waals surface area contributed by atoms with E-state index in [1.165, 1.54) is 4.90 Å². The number of rotatable bonds is 13. The predicted molar refractivity (Wildman–Crippen MR) is 184 cm³/mol. The van der Waals surface area contributed by atoms with Crippen LogP contribution in [0.5, 0.6) is 0 Å². The molecule has 0 aromatic heterocycles. The van der Waals surface area contributed by atoms with Crippen LogP contribution in [0.2, 0.25) is 0 Å². The van der Waals surface area contributed by atoms with Crippen molar-refractivity contribution in [2.75, 3.05) is 18.8 Å². The number of likely N-dealkylation sites (tertiary alicyclic amines) is 1. The maximum atomic E-state index is 14.4. The molecule has 0 radical (unpaired) electrons. The number of piperidine rings is 1. The van der Waals surface area contributed by atoms with Crippen LogP contribution < -0.4 is 21.3 Å². The second-order valence-electron chi connectivity index (χ2n) is 16.3. The lowest BCUT2D eigenvalue weighted by atomic mass is 9.78. The number of nitrogens with zero attached hydrogens (tertiary/aromatic N) is 1. The zero-order valence-electron chi connectivity index (χ0n) is 30.0. The van der Waals surface area contributed by atoms with Crippen LogP contribution in [0.25, 0.3) is 0 Å². The van der Waals surface area contributed by atoms with E-state index in [0.29, 0.717) is 38.5 Å². The predicted octanol–water partition coefficient (Wildman–Crippen LogP) is 3.31. The van der Waals surface area contributed by atoms with Gasteiger partial charge in [0, 0.05) is 6.54 Å². The molecule has 4 N–H and O–H groups in total. The van der Waals surface area contributed by atoms with Crippen LogP contribution in [-0.4, -0.2) is 90.6 Å². The van der Waals surface area contributed by atoms with Crippen molar-refractivity contribution < 1.29 is 36.8 Å². The number of urea groups is 1. The molecule has 0 aromatic rings. The van der Waals surface area contributed by atoms with E-state index in [2.05, 4.69) is 27.8 Å². The molecule has 4 aliphatic rings. The van der Waals surface area contributed by atoms with Gasteiger partial charge in [-0.3, -0.25) is 19.2 Å². The van der Waals surface area contributed by atoms with Gasteiger partial charge >= 0.3 is 6.03 Å². The number of halogens is 1. The standard InChI is InChI=1S/C35H56FN5O7S/c1-8-9-14-23(27(42)30(44)37-19-21(2)36)38-29(43)26-25-22(34(25,6)7)20-41(26)31(45)28(33(3,4)5)39-32(46)40-35(16-11-10-12-17-35)24-15-13-18-49(24,47)48/h22-26,28H,2,8-20H2,1,3-7H3,(H,37,44)(H,38,43)(H2,39,40,46)/t22-,23-,24-,25-,26-,28+/m0/s1. The average Bonchev–Trinajstić information content (AvgIpc) is 3.33. The lowest BCUT2D eigenvalue weighted by Gasteiger charge is -2.43. The molecule has 4 rings (SSSR count). The summed E-state index contributed by atoms with van der Waals surface area (Å²) in [6.45, 7) is 14.2. The fourth-order valence-electron chi connectivity index (χ4n) is 8.50. The minimum atomic E-state index is -3.37. The van der Waals surface area contributed by atoms with Gasteiger partial charge in [0.2, 0.25) is 17.6 Å². The van der Waals surface area contributed by atoms with Gasteiger partial charge in [0.25, 0.3) is 5.91 Å². The summed E-state index contributed by atoms with van der Waals surface area (Å²) < 4.78 is 39.2. The molecular weight excluding hydrogens is 653 g/mol. The Hall–Kier alpha value is -3.03. The van der Waals surface area contributed by atoms with Crippen LogP contribution in [-0.2, 0) is 29.0 Å². The molecule has 6 atom stereocenters. The molecule has 0 bridgehead atoms. The lowest BCUT2D eigenvalue weighted by Crippen LogP contribution is -2.65. The van der Waals surface area contributed by atoms with E-state index in [4.69, 9.17) is 0 Å². The maximum absolute atomic E-state index is 14.4.